The van der Waals surface area contributed by atoms with E-state index in [0.29, 0.717) is 34.2 Å². The maximum absolute atomic E-state index is 14.1. The summed E-state index contributed by atoms with van der Waals surface area (Å²) < 4.78 is 29.1. The van der Waals surface area contributed by atoms with Crippen molar-refractivity contribution in [3.05, 3.63) is 58.9 Å². The summed E-state index contributed by atoms with van der Waals surface area (Å²) >= 11 is 11.9. The second-order valence-corrected chi connectivity index (χ2v) is 5.29. The fourth-order valence-corrected chi connectivity index (χ4v) is 2.67. The molecule has 3 aromatic rings. The van der Waals surface area contributed by atoms with Crippen LogP contribution in [0.2, 0.25) is 5.02 Å². The second kappa shape index (κ2) is 5.62. The summed E-state index contributed by atoms with van der Waals surface area (Å²) in [5, 5.41) is 0.457. The lowest BCUT2D eigenvalue weighted by atomic mass is 10.2. The summed E-state index contributed by atoms with van der Waals surface area (Å²) in [6.45, 7) is 0. The summed E-state index contributed by atoms with van der Waals surface area (Å²) in [5.74, 6) is -0.200. The predicted molar refractivity (Wildman–Crippen MR) is 80.4 cm³/mol. The van der Waals surface area contributed by atoms with Crippen LogP contribution in [0.5, 0.6) is 0 Å². The van der Waals surface area contributed by atoms with Gasteiger partial charge in [0.05, 0.1) is 16.2 Å². The Kier molecular flexibility index (Phi) is 3.83. The Morgan fingerprint density at radius 1 is 1.14 bits per heavy atom. The van der Waals surface area contributed by atoms with E-state index in [1.54, 1.807) is 22.8 Å². The molecule has 0 aliphatic carbocycles. The molecule has 0 bridgehead atoms. The summed E-state index contributed by atoms with van der Waals surface area (Å²) in [7, 11) is 0. The topological polar surface area (TPSA) is 17.8 Å². The van der Waals surface area contributed by atoms with Crippen molar-refractivity contribution < 1.29 is 8.78 Å². The molecule has 108 valence electrons. The van der Waals surface area contributed by atoms with Crippen molar-refractivity contribution in [1.29, 1.82) is 0 Å². The van der Waals surface area contributed by atoms with E-state index in [1.165, 1.54) is 0 Å². The lowest BCUT2D eigenvalue weighted by Gasteiger charge is -2.10. The molecule has 0 aliphatic rings. The maximum atomic E-state index is 14.1. The summed E-state index contributed by atoms with van der Waals surface area (Å²) in [5.41, 5.74) is 1.26. The fourth-order valence-electron chi connectivity index (χ4n) is 2.29. The normalized spacial score (nSPS) is 11.2. The van der Waals surface area contributed by atoms with Crippen molar-refractivity contribution >= 4 is 34.2 Å². The Morgan fingerprint density at radius 3 is 2.71 bits per heavy atom. The van der Waals surface area contributed by atoms with Gasteiger partial charge in [-0.1, -0.05) is 17.7 Å². The molecule has 0 saturated carbocycles. The van der Waals surface area contributed by atoms with Crippen LogP contribution in [0.4, 0.5) is 8.78 Å². The van der Waals surface area contributed by atoms with E-state index in [4.69, 9.17) is 23.2 Å². The van der Waals surface area contributed by atoms with Crippen molar-refractivity contribution in [2.75, 3.05) is 5.88 Å². The van der Waals surface area contributed by atoms with Gasteiger partial charge in [0, 0.05) is 18.4 Å². The van der Waals surface area contributed by atoms with Gasteiger partial charge < -0.3 is 0 Å². The third-order valence-corrected chi connectivity index (χ3v) is 3.67. The van der Waals surface area contributed by atoms with Crippen LogP contribution in [0, 0.1) is 11.6 Å². The number of rotatable bonds is 3. The lowest BCUT2D eigenvalue weighted by Crippen LogP contribution is -2.05. The first-order valence-electron chi connectivity index (χ1n) is 6.29. The van der Waals surface area contributed by atoms with Gasteiger partial charge in [-0.3, -0.25) is 4.57 Å². The number of fused-ring (bicyclic) bond motifs is 1. The molecule has 3 rings (SSSR count). The SMILES string of the molecule is Fc1ccc(F)c(-n2c(CCCl)nc3c(Cl)cccc32)c1. The molecule has 2 nitrogen and oxygen atoms in total. The minimum Gasteiger partial charge on any atom is -0.293 e. The van der Waals surface area contributed by atoms with Gasteiger partial charge in [0.2, 0.25) is 0 Å². The van der Waals surface area contributed by atoms with E-state index < -0.39 is 11.6 Å². The van der Waals surface area contributed by atoms with Crippen LogP contribution >= 0.6 is 23.2 Å². The Labute approximate surface area is 129 Å². The van der Waals surface area contributed by atoms with Gasteiger partial charge in [0.1, 0.15) is 23.0 Å². The van der Waals surface area contributed by atoms with Gasteiger partial charge >= 0.3 is 0 Å². The lowest BCUT2D eigenvalue weighted by molar-refractivity contribution is 0.592. The van der Waals surface area contributed by atoms with E-state index in [-0.39, 0.29) is 5.69 Å². The minimum atomic E-state index is -0.536. The Morgan fingerprint density at radius 2 is 1.95 bits per heavy atom. The van der Waals surface area contributed by atoms with Crippen molar-refractivity contribution in [3.63, 3.8) is 0 Å². The highest BCUT2D eigenvalue weighted by atomic mass is 35.5. The van der Waals surface area contributed by atoms with Gasteiger partial charge in [-0.15, -0.1) is 11.6 Å². The molecule has 0 unspecified atom stereocenters. The van der Waals surface area contributed by atoms with E-state index >= 15 is 0 Å². The molecule has 1 heterocycles. The molecule has 21 heavy (non-hydrogen) atoms. The maximum Gasteiger partial charge on any atom is 0.147 e. The molecular formula is C15H10Cl2F2N2. The van der Waals surface area contributed by atoms with Crippen molar-refractivity contribution in [2.24, 2.45) is 0 Å². The molecule has 0 amide bonds. The van der Waals surface area contributed by atoms with Crippen LogP contribution in [-0.2, 0) is 6.42 Å². The average molecular weight is 327 g/mol. The number of para-hydroxylation sites is 1. The van der Waals surface area contributed by atoms with Gasteiger partial charge in [-0.25, -0.2) is 13.8 Å². The Bertz CT molecular complexity index is 815. The molecule has 0 N–H and O–H groups in total. The summed E-state index contributed by atoms with van der Waals surface area (Å²) in [6, 6.07) is 8.50. The molecule has 2 aromatic carbocycles. The number of nitrogens with zero attached hydrogens (tertiary/aromatic N) is 2. The number of alkyl halides is 1. The standard InChI is InChI=1S/C15H10Cl2F2N2/c16-7-6-14-20-15-10(17)2-1-3-12(15)21(14)13-8-9(18)4-5-11(13)19/h1-5,8H,6-7H2. The molecule has 0 aliphatic heterocycles. The van der Waals surface area contributed by atoms with Crippen LogP contribution in [0.1, 0.15) is 5.82 Å². The van der Waals surface area contributed by atoms with E-state index in [9.17, 15) is 8.78 Å². The fraction of sp³-hybridized carbons (Fsp3) is 0.133. The first kappa shape index (κ1) is 14.3. The number of imidazole rings is 1. The molecular weight excluding hydrogens is 317 g/mol. The number of hydrogen-bond donors (Lipinski definition) is 0. The zero-order valence-electron chi connectivity index (χ0n) is 10.8. The zero-order valence-corrected chi connectivity index (χ0v) is 12.3. The monoisotopic (exact) mass is 326 g/mol. The smallest absolute Gasteiger partial charge is 0.147 e. The molecule has 0 spiro atoms. The highest BCUT2D eigenvalue weighted by molar-refractivity contribution is 6.35. The number of hydrogen-bond acceptors (Lipinski definition) is 1. The number of halogens is 4. The summed E-state index contributed by atoms with van der Waals surface area (Å²) in [6.07, 6.45) is 0.419. The van der Waals surface area contributed by atoms with Crippen molar-refractivity contribution in [1.82, 2.24) is 9.55 Å². The van der Waals surface area contributed by atoms with Gasteiger partial charge in [0.25, 0.3) is 0 Å². The van der Waals surface area contributed by atoms with Crippen LogP contribution in [0.25, 0.3) is 16.7 Å². The van der Waals surface area contributed by atoms with Crippen LogP contribution in [0.15, 0.2) is 36.4 Å². The van der Waals surface area contributed by atoms with Crippen molar-refractivity contribution in [3.8, 4) is 5.69 Å². The minimum absolute atomic E-state index is 0.0971. The van der Waals surface area contributed by atoms with E-state index in [1.807, 2.05) is 0 Å². The molecule has 0 fully saturated rings. The predicted octanol–water partition coefficient (Wildman–Crippen LogP) is 4.74. The molecule has 0 atom stereocenters. The average Bonchev–Trinajstić information content (AvgIpc) is 2.82. The van der Waals surface area contributed by atoms with Crippen molar-refractivity contribution in [2.45, 2.75) is 6.42 Å². The molecule has 6 heteroatoms. The van der Waals surface area contributed by atoms with Gasteiger partial charge in [-0.2, -0.15) is 0 Å². The number of benzene rings is 2. The quantitative estimate of drug-likeness (QED) is 0.636. The largest absolute Gasteiger partial charge is 0.293 e. The van der Waals surface area contributed by atoms with Gasteiger partial charge in [0.15, 0.2) is 0 Å². The Hall–Kier alpha value is -1.65. The molecule has 0 radical (unpaired) electrons. The first-order chi connectivity index (χ1) is 10.1. The number of aryl methyl sites for hydroxylation is 1. The third kappa shape index (κ3) is 2.49. The first-order valence-corrected chi connectivity index (χ1v) is 7.20. The molecule has 1 aromatic heterocycles. The third-order valence-electron chi connectivity index (χ3n) is 3.17. The highest BCUT2D eigenvalue weighted by Crippen LogP contribution is 2.28. The second-order valence-electron chi connectivity index (χ2n) is 4.51. The molecule has 0 saturated heterocycles. The van der Waals surface area contributed by atoms with Crippen LogP contribution in [-0.4, -0.2) is 15.4 Å². The van der Waals surface area contributed by atoms with Gasteiger partial charge in [-0.05, 0) is 24.3 Å². The zero-order chi connectivity index (χ0) is 15.0. The number of aromatic nitrogens is 2. The summed E-state index contributed by atoms with van der Waals surface area (Å²) in [4.78, 5) is 4.41. The van der Waals surface area contributed by atoms with E-state index in [2.05, 4.69) is 4.98 Å². The van der Waals surface area contributed by atoms with E-state index in [0.717, 1.165) is 18.2 Å². The highest BCUT2D eigenvalue weighted by Gasteiger charge is 2.17. The van der Waals surface area contributed by atoms with Crippen LogP contribution < -0.4 is 0 Å². The van der Waals surface area contributed by atoms with Crippen LogP contribution in [0.3, 0.4) is 0 Å². The Balaban J connectivity index is 2.36.